The van der Waals surface area contributed by atoms with Gasteiger partial charge < -0.3 is 4.90 Å². The molecule has 0 saturated carbocycles. The largest absolute Gasteiger partial charge is 0.308 e. The van der Waals surface area contributed by atoms with Gasteiger partial charge in [0.2, 0.25) is 5.91 Å². The van der Waals surface area contributed by atoms with E-state index in [2.05, 4.69) is 79.7 Å². The fraction of sp³-hybridized carbons (Fsp3) is 0.148. The molecule has 0 radical (unpaired) electrons. The highest BCUT2D eigenvalue weighted by Gasteiger charge is 2.34. The average Bonchev–Trinajstić information content (AvgIpc) is 2.76. The van der Waals surface area contributed by atoms with Gasteiger partial charge >= 0.3 is 0 Å². The zero-order valence-corrected chi connectivity index (χ0v) is 16.5. The van der Waals surface area contributed by atoms with Crippen molar-refractivity contribution in [3.05, 3.63) is 113 Å². The predicted molar refractivity (Wildman–Crippen MR) is 119 cm³/mol. The summed E-state index contributed by atoms with van der Waals surface area (Å²) in [5, 5.41) is 2.46. The molecule has 142 valence electrons. The lowest BCUT2D eigenvalue weighted by Crippen LogP contribution is -2.36. The van der Waals surface area contributed by atoms with E-state index in [9.17, 15) is 4.79 Å². The minimum absolute atomic E-state index is 0.0804. The van der Waals surface area contributed by atoms with Gasteiger partial charge in [-0.05, 0) is 46.0 Å². The summed E-state index contributed by atoms with van der Waals surface area (Å²) in [6, 6.07) is 31.5. The summed E-state index contributed by atoms with van der Waals surface area (Å²) in [5.41, 5.74) is 5.94. The van der Waals surface area contributed by atoms with E-state index in [0.717, 1.165) is 11.3 Å². The van der Waals surface area contributed by atoms with Crippen LogP contribution < -0.4 is 4.90 Å². The van der Waals surface area contributed by atoms with Crippen LogP contribution in [0.25, 0.3) is 10.8 Å². The van der Waals surface area contributed by atoms with Crippen molar-refractivity contribution in [2.75, 3.05) is 4.90 Å². The summed E-state index contributed by atoms with van der Waals surface area (Å²) in [4.78, 5) is 15.3. The molecule has 5 rings (SSSR count). The van der Waals surface area contributed by atoms with Gasteiger partial charge in [-0.3, -0.25) is 4.79 Å². The molecule has 2 heteroatoms. The second-order valence-corrected chi connectivity index (χ2v) is 7.80. The first-order valence-corrected chi connectivity index (χ1v) is 10.1. The summed E-state index contributed by atoms with van der Waals surface area (Å²) in [7, 11) is 0. The lowest BCUT2D eigenvalue weighted by atomic mass is 9.79. The van der Waals surface area contributed by atoms with Crippen LogP contribution in [0.1, 0.15) is 34.6 Å². The van der Waals surface area contributed by atoms with Gasteiger partial charge in [-0.1, -0.05) is 84.9 Å². The number of amides is 1. The maximum Gasteiger partial charge on any atom is 0.228 e. The molecule has 0 saturated heterocycles. The number of carbonyl (C=O) groups is 1. The third kappa shape index (κ3) is 3.11. The number of anilines is 1. The van der Waals surface area contributed by atoms with Gasteiger partial charge in [-0.15, -0.1) is 0 Å². The SMILES string of the molecule is Cc1ccccc1C1CC(=O)N(Cc2ccccc2)c2ccc3ccccc3c21. The van der Waals surface area contributed by atoms with Crippen molar-refractivity contribution in [2.24, 2.45) is 0 Å². The van der Waals surface area contributed by atoms with Crippen molar-refractivity contribution in [3.8, 4) is 0 Å². The Morgan fingerprint density at radius 1 is 0.828 bits per heavy atom. The van der Waals surface area contributed by atoms with Gasteiger partial charge in [0.05, 0.1) is 6.54 Å². The average molecular weight is 377 g/mol. The molecule has 1 heterocycles. The molecule has 1 atom stereocenters. The second-order valence-electron chi connectivity index (χ2n) is 7.80. The number of rotatable bonds is 3. The number of hydrogen-bond acceptors (Lipinski definition) is 1. The number of fused-ring (bicyclic) bond motifs is 3. The number of hydrogen-bond donors (Lipinski definition) is 0. The molecule has 4 aromatic rings. The molecular weight excluding hydrogens is 354 g/mol. The number of carbonyl (C=O) groups excluding carboxylic acids is 1. The van der Waals surface area contributed by atoms with Crippen molar-refractivity contribution >= 4 is 22.4 Å². The number of benzene rings is 4. The molecule has 29 heavy (non-hydrogen) atoms. The van der Waals surface area contributed by atoms with Gasteiger partial charge in [-0.25, -0.2) is 0 Å². The van der Waals surface area contributed by atoms with E-state index in [1.54, 1.807) is 0 Å². The highest BCUT2D eigenvalue weighted by molar-refractivity contribution is 6.03. The summed E-state index contributed by atoms with van der Waals surface area (Å²) in [6.07, 6.45) is 0.499. The lowest BCUT2D eigenvalue weighted by Gasteiger charge is -2.36. The molecule has 1 aliphatic rings. The number of nitrogens with zero attached hydrogens (tertiary/aromatic N) is 1. The van der Waals surface area contributed by atoms with Crippen LogP contribution in [0.4, 0.5) is 5.69 Å². The van der Waals surface area contributed by atoms with E-state index < -0.39 is 0 Å². The Hall–Kier alpha value is -3.39. The maximum absolute atomic E-state index is 13.3. The minimum atomic E-state index is 0.0804. The molecule has 2 nitrogen and oxygen atoms in total. The first kappa shape index (κ1) is 17.7. The normalized spacial score (nSPS) is 16.1. The Balaban J connectivity index is 1.71. The van der Waals surface area contributed by atoms with Gasteiger partial charge in [-0.2, -0.15) is 0 Å². The zero-order valence-electron chi connectivity index (χ0n) is 16.5. The lowest BCUT2D eigenvalue weighted by molar-refractivity contribution is -0.119. The van der Waals surface area contributed by atoms with Crippen LogP contribution in [0.15, 0.2) is 91.0 Å². The predicted octanol–water partition coefficient (Wildman–Crippen LogP) is 6.22. The Labute approximate surface area is 171 Å². The standard InChI is InChI=1S/C27H23NO/c1-19-9-5-7-13-22(19)24-17-26(29)28(18-20-10-3-2-4-11-20)25-16-15-21-12-6-8-14-23(21)27(24)25/h2-16,24H,17-18H2,1H3. The van der Waals surface area contributed by atoms with Crippen LogP contribution >= 0.6 is 0 Å². The summed E-state index contributed by atoms with van der Waals surface area (Å²) >= 11 is 0. The van der Waals surface area contributed by atoms with Gasteiger partial charge in [0, 0.05) is 18.0 Å². The summed E-state index contributed by atoms with van der Waals surface area (Å²) in [6.45, 7) is 2.74. The smallest absolute Gasteiger partial charge is 0.228 e. The van der Waals surface area contributed by atoms with Gasteiger partial charge in [0.1, 0.15) is 0 Å². The van der Waals surface area contributed by atoms with Crippen LogP contribution in [0, 0.1) is 6.92 Å². The Kier molecular flexibility index (Phi) is 4.40. The fourth-order valence-corrected chi connectivity index (χ4v) is 4.59. The van der Waals surface area contributed by atoms with E-state index in [1.165, 1.54) is 27.5 Å². The summed E-state index contributed by atoms with van der Waals surface area (Å²) in [5.74, 6) is 0.265. The first-order valence-electron chi connectivity index (χ1n) is 10.1. The quantitative estimate of drug-likeness (QED) is 0.415. The third-order valence-corrected chi connectivity index (χ3v) is 6.01. The van der Waals surface area contributed by atoms with Crippen molar-refractivity contribution in [3.63, 3.8) is 0 Å². The molecule has 1 aliphatic heterocycles. The Bertz CT molecular complexity index is 1200. The maximum atomic E-state index is 13.3. The van der Waals surface area contributed by atoms with Gasteiger partial charge in [0.25, 0.3) is 0 Å². The number of aryl methyl sites for hydroxylation is 1. The fourth-order valence-electron chi connectivity index (χ4n) is 4.59. The molecule has 1 unspecified atom stereocenters. The van der Waals surface area contributed by atoms with Crippen molar-refractivity contribution in [1.82, 2.24) is 0 Å². The monoisotopic (exact) mass is 377 g/mol. The van der Waals surface area contributed by atoms with Crippen LogP contribution in [-0.4, -0.2) is 5.91 Å². The van der Waals surface area contributed by atoms with Crippen LogP contribution in [-0.2, 0) is 11.3 Å². The zero-order chi connectivity index (χ0) is 19.8. The van der Waals surface area contributed by atoms with E-state index >= 15 is 0 Å². The topological polar surface area (TPSA) is 20.3 Å². The molecule has 0 spiro atoms. The van der Waals surface area contributed by atoms with Crippen LogP contribution in [0.2, 0.25) is 0 Å². The first-order chi connectivity index (χ1) is 14.2. The molecule has 0 N–H and O–H groups in total. The van der Waals surface area contributed by atoms with Crippen LogP contribution in [0.5, 0.6) is 0 Å². The molecular formula is C27H23NO. The Morgan fingerprint density at radius 3 is 2.38 bits per heavy atom. The van der Waals surface area contributed by atoms with Crippen molar-refractivity contribution in [1.29, 1.82) is 0 Å². The second kappa shape index (κ2) is 7.21. The molecule has 0 fully saturated rings. The van der Waals surface area contributed by atoms with E-state index in [1.807, 2.05) is 23.1 Å². The molecule has 0 bridgehead atoms. The van der Waals surface area contributed by atoms with Crippen molar-refractivity contribution < 1.29 is 4.79 Å². The summed E-state index contributed by atoms with van der Waals surface area (Å²) < 4.78 is 0. The van der Waals surface area contributed by atoms with E-state index in [-0.39, 0.29) is 11.8 Å². The Morgan fingerprint density at radius 2 is 1.55 bits per heavy atom. The highest BCUT2D eigenvalue weighted by atomic mass is 16.2. The molecule has 0 aliphatic carbocycles. The molecule has 1 amide bonds. The van der Waals surface area contributed by atoms with E-state index in [0.29, 0.717) is 13.0 Å². The van der Waals surface area contributed by atoms with E-state index in [4.69, 9.17) is 0 Å². The third-order valence-electron chi connectivity index (χ3n) is 6.01. The van der Waals surface area contributed by atoms with Crippen LogP contribution in [0.3, 0.4) is 0 Å². The van der Waals surface area contributed by atoms with Gasteiger partial charge in [0.15, 0.2) is 0 Å². The van der Waals surface area contributed by atoms with Crippen molar-refractivity contribution in [2.45, 2.75) is 25.8 Å². The molecule has 4 aromatic carbocycles. The molecule has 0 aromatic heterocycles. The highest BCUT2D eigenvalue weighted by Crippen LogP contribution is 2.45. The minimum Gasteiger partial charge on any atom is -0.308 e.